The summed E-state index contributed by atoms with van der Waals surface area (Å²) in [6.07, 6.45) is 0. The molecule has 2 aromatic rings. The number of ether oxygens (including phenoxy) is 2. The zero-order chi connectivity index (χ0) is 17.1. The van der Waals surface area contributed by atoms with Crippen molar-refractivity contribution in [1.29, 1.82) is 0 Å². The molecule has 1 atom stereocenters. The fourth-order valence-electron chi connectivity index (χ4n) is 2.72. The third-order valence-corrected chi connectivity index (χ3v) is 5.19. The SMILES string of the molecule is COc1ccc([C@@H]2SCCN2C(=O)c2ccc(F)cc2)c(OC)c1. The van der Waals surface area contributed by atoms with Gasteiger partial charge < -0.3 is 14.4 Å². The van der Waals surface area contributed by atoms with E-state index in [-0.39, 0.29) is 17.1 Å². The lowest BCUT2D eigenvalue weighted by molar-refractivity contribution is 0.0759. The lowest BCUT2D eigenvalue weighted by Crippen LogP contribution is -2.30. The summed E-state index contributed by atoms with van der Waals surface area (Å²) >= 11 is 1.68. The van der Waals surface area contributed by atoms with Crippen LogP contribution in [-0.2, 0) is 0 Å². The molecule has 0 N–H and O–H groups in total. The molecular weight excluding hydrogens is 329 g/mol. The highest BCUT2D eigenvalue weighted by Crippen LogP contribution is 2.43. The largest absolute Gasteiger partial charge is 0.497 e. The molecule has 0 aromatic heterocycles. The van der Waals surface area contributed by atoms with Crippen LogP contribution in [0.1, 0.15) is 21.3 Å². The number of carbonyl (C=O) groups excluding carboxylic acids is 1. The van der Waals surface area contributed by atoms with Crippen LogP contribution in [0.15, 0.2) is 42.5 Å². The predicted molar refractivity (Wildman–Crippen MR) is 92.2 cm³/mol. The number of hydrogen-bond donors (Lipinski definition) is 0. The quantitative estimate of drug-likeness (QED) is 0.845. The van der Waals surface area contributed by atoms with Crippen molar-refractivity contribution in [2.75, 3.05) is 26.5 Å². The smallest absolute Gasteiger partial charge is 0.255 e. The maximum Gasteiger partial charge on any atom is 0.255 e. The number of thioether (sulfide) groups is 1. The van der Waals surface area contributed by atoms with Gasteiger partial charge in [-0.2, -0.15) is 0 Å². The summed E-state index contributed by atoms with van der Waals surface area (Å²) in [4.78, 5) is 14.6. The summed E-state index contributed by atoms with van der Waals surface area (Å²) < 4.78 is 23.8. The predicted octanol–water partition coefficient (Wildman–Crippen LogP) is 3.73. The van der Waals surface area contributed by atoms with Gasteiger partial charge in [0.2, 0.25) is 0 Å². The molecule has 0 aliphatic carbocycles. The van der Waals surface area contributed by atoms with Crippen LogP contribution in [0.2, 0.25) is 0 Å². The number of amides is 1. The first-order valence-electron chi connectivity index (χ1n) is 7.54. The molecule has 1 aliphatic rings. The first-order valence-corrected chi connectivity index (χ1v) is 8.59. The van der Waals surface area contributed by atoms with E-state index in [2.05, 4.69) is 0 Å². The van der Waals surface area contributed by atoms with Crippen molar-refractivity contribution in [3.05, 3.63) is 59.4 Å². The van der Waals surface area contributed by atoms with Gasteiger partial charge in [-0.25, -0.2) is 4.39 Å². The molecule has 3 rings (SSSR count). The lowest BCUT2D eigenvalue weighted by atomic mass is 10.1. The van der Waals surface area contributed by atoms with Crippen molar-refractivity contribution < 1.29 is 18.7 Å². The van der Waals surface area contributed by atoms with Crippen molar-refractivity contribution in [2.24, 2.45) is 0 Å². The van der Waals surface area contributed by atoms with E-state index in [1.54, 1.807) is 30.9 Å². The number of methoxy groups -OCH3 is 2. The Morgan fingerprint density at radius 2 is 1.92 bits per heavy atom. The molecule has 1 amide bonds. The second-order valence-corrected chi connectivity index (χ2v) is 6.52. The summed E-state index contributed by atoms with van der Waals surface area (Å²) in [7, 11) is 3.20. The average molecular weight is 347 g/mol. The van der Waals surface area contributed by atoms with E-state index >= 15 is 0 Å². The minimum Gasteiger partial charge on any atom is -0.497 e. The van der Waals surface area contributed by atoms with Crippen molar-refractivity contribution in [2.45, 2.75) is 5.37 Å². The van der Waals surface area contributed by atoms with Gasteiger partial charge in [-0.05, 0) is 36.4 Å². The molecule has 1 aliphatic heterocycles. The van der Waals surface area contributed by atoms with Gasteiger partial charge in [0, 0.05) is 29.5 Å². The molecule has 0 spiro atoms. The van der Waals surface area contributed by atoms with Gasteiger partial charge in [-0.3, -0.25) is 4.79 Å². The summed E-state index contributed by atoms with van der Waals surface area (Å²) in [6.45, 7) is 0.640. The van der Waals surface area contributed by atoms with E-state index in [0.29, 0.717) is 23.6 Å². The molecule has 24 heavy (non-hydrogen) atoms. The standard InChI is InChI=1S/C18H18FNO3S/c1-22-14-7-8-15(16(11-14)23-2)18-20(9-10-24-18)17(21)12-3-5-13(19)6-4-12/h3-8,11,18H,9-10H2,1-2H3/t18-/m0/s1. The highest BCUT2D eigenvalue weighted by molar-refractivity contribution is 7.99. The minimum absolute atomic E-state index is 0.108. The number of hydrogen-bond acceptors (Lipinski definition) is 4. The van der Waals surface area contributed by atoms with Crippen LogP contribution in [0.4, 0.5) is 4.39 Å². The van der Waals surface area contributed by atoms with E-state index in [1.807, 2.05) is 18.2 Å². The lowest BCUT2D eigenvalue weighted by Gasteiger charge is -2.25. The second kappa shape index (κ2) is 7.13. The summed E-state index contributed by atoms with van der Waals surface area (Å²) in [5.74, 6) is 1.77. The van der Waals surface area contributed by atoms with E-state index in [4.69, 9.17) is 9.47 Å². The van der Waals surface area contributed by atoms with Gasteiger partial charge in [0.1, 0.15) is 22.7 Å². The Hall–Kier alpha value is -2.21. The Morgan fingerprint density at radius 1 is 1.17 bits per heavy atom. The fourth-order valence-corrected chi connectivity index (χ4v) is 4.00. The second-order valence-electron chi connectivity index (χ2n) is 5.34. The normalized spacial score (nSPS) is 17.0. The van der Waals surface area contributed by atoms with Crippen LogP contribution in [0, 0.1) is 5.82 Å². The topological polar surface area (TPSA) is 38.8 Å². The van der Waals surface area contributed by atoms with Crippen LogP contribution in [0.3, 0.4) is 0 Å². The number of benzene rings is 2. The molecule has 1 saturated heterocycles. The van der Waals surface area contributed by atoms with E-state index in [1.165, 1.54) is 24.3 Å². The maximum absolute atomic E-state index is 13.1. The van der Waals surface area contributed by atoms with Crippen molar-refractivity contribution in [3.63, 3.8) is 0 Å². The molecule has 0 saturated carbocycles. The van der Waals surface area contributed by atoms with Crippen molar-refractivity contribution in [1.82, 2.24) is 4.90 Å². The van der Waals surface area contributed by atoms with Gasteiger partial charge in [0.25, 0.3) is 5.91 Å². The van der Waals surface area contributed by atoms with Crippen LogP contribution < -0.4 is 9.47 Å². The van der Waals surface area contributed by atoms with Crippen molar-refractivity contribution in [3.8, 4) is 11.5 Å². The number of halogens is 1. The minimum atomic E-state index is -0.351. The van der Waals surface area contributed by atoms with Gasteiger partial charge in [-0.1, -0.05) is 0 Å². The molecule has 0 radical (unpaired) electrons. The highest BCUT2D eigenvalue weighted by atomic mass is 32.2. The maximum atomic E-state index is 13.1. The van der Waals surface area contributed by atoms with E-state index in [0.717, 1.165) is 11.3 Å². The Kier molecular flexibility index (Phi) is 4.94. The summed E-state index contributed by atoms with van der Waals surface area (Å²) in [5.41, 5.74) is 1.41. The Balaban J connectivity index is 1.90. The Bertz CT molecular complexity index is 736. The van der Waals surface area contributed by atoms with Crippen LogP contribution in [0.5, 0.6) is 11.5 Å². The van der Waals surface area contributed by atoms with Crippen LogP contribution in [-0.4, -0.2) is 37.3 Å². The molecule has 126 valence electrons. The first-order chi connectivity index (χ1) is 11.6. The van der Waals surface area contributed by atoms with Gasteiger partial charge in [-0.15, -0.1) is 11.8 Å². The van der Waals surface area contributed by atoms with Crippen LogP contribution in [0.25, 0.3) is 0 Å². The summed E-state index contributed by atoms with van der Waals surface area (Å²) in [5, 5.41) is -0.136. The number of nitrogens with zero attached hydrogens (tertiary/aromatic N) is 1. The molecule has 0 bridgehead atoms. The Morgan fingerprint density at radius 3 is 2.58 bits per heavy atom. The van der Waals surface area contributed by atoms with Gasteiger partial charge in [0.05, 0.1) is 14.2 Å². The molecule has 0 unspecified atom stereocenters. The first kappa shape index (κ1) is 16.6. The summed E-state index contributed by atoms with van der Waals surface area (Å²) in [6, 6.07) is 11.2. The zero-order valence-electron chi connectivity index (χ0n) is 13.5. The molecule has 4 nitrogen and oxygen atoms in total. The Labute approximate surface area is 144 Å². The molecule has 6 heteroatoms. The average Bonchev–Trinajstić information content (AvgIpc) is 3.10. The molecule has 2 aromatic carbocycles. The molecule has 1 fully saturated rings. The molecule has 1 heterocycles. The van der Waals surface area contributed by atoms with E-state index < -0.39 is 0 Å². The van der Waals surface area contributed by atoms with Crippen molar-refractivity contribution >= 4 is 17.7 Å². The third kappa shape index (κ3) is 3.19. The third-order valence-electron chi connectivity index (χ3n) is 3.95. The number of carbonyl (C=O) groups is 1. The number of rotatable bonds is 4. The zero-order valence-corrected chi connectivity index (χ0v) is 14.3. The van der Waals surface area contributed by atoms with Crippen LogP contribution >= 0.6 is 11.8 Å². The monoisotopic (exact) mass is 347 g/mol. The van der Waals surface area contributed by atoms with Gasteiger partial charge >= 0.3 is 0 Å². The highest BCUT2D eigenvalue weighted by Gasteiger charge is 2.33. The molecular formula is C18H18FNO3S. The van der Waals surface area contributed by atoms with Gasteiger partial charge in [0.15, 0.2) is 0 Å². The fraction of sp³-hybridized carbons (Fsp3) is 0.278. The van der Waals surface area contributed by atoms with E-state index in [9.17, 15) is 9.18 Å².